The molecule has 0 aromatic carbocycles. The maximum Gasteiger partial charge on any atom is 0.433 e. The van der Waals surface area contributed by atoms with Crippen LogP contribution in [0.15, 0.2) is 6.20 Å². The van der Waals surface area contributed by atoms with Crippen molar-refractivity contribution in [2.45, 2.75) is 32.7 Å². The monoisotopic (exact) mass is 266 g/mol. The summed E-state index contributed by atoms with van der Waals surface area (Å²) in [5, 5.41) is 12.6. The van der Waals surface area contributed by atoms with Gasteiger partial charge in [0.05, 0.1) is 25.5 Å². The fourth-order valence-electron chi connectivity index (χ4n) is 1.43. The topological polar surface area (TPSA) is 64.3 Å². The third kappa shape index (κ3) is 3.22. The van der Waals surface area contributed by atoms with E-state index in [0.717, 1.165) is 6.20 Å². The Balaban J connectivity index is 3.20. The maximum absolute atomic E-state index is 12.8. The van der Waals surface area contributed by atoms with Gasteiger partial charge >= 0.3 is 12.1 Å². The fourth-order valence-corrected chi connectivity index (χ4v) is 1.43. The van der Waals surface area contributed by atoms with E-state index < -0.39 is 29.5 Å². The largest absolute Gasteiger partial charge is 0.462 e. The molecule has 0 radical (unpaired) electrons. The maximum atomic E-state index is 12.8. The summed E-state index contributed by atoms with van der Waals surface area (Å²) in [6.45, 7) is 2.43. The van der Waals surface area contributed by atoms with Crippen molar-refractivity contribution in [1.29, 1.82) is 0 Å². The summed E-state index contributed by atoms with van der Waals surface area (Å²) in [5.41, 5.74) is -1.85. The molecule has 1 N–H and O–H groups in total. The Kier molecular flexibility index (Phi) is 4.33. The van der Waals surface area contributed by atoms with E-state index in [2.05, 4.69) is 9.84 Å². The van der Waals surface area contributed by atoms with Crippen LogP contribution in [0, 0.1) is 0 Å². The summed E-state index contributed by atoms with van der Waals surface area (Å²) in [5.74, 6) is -1.08. The zero-order chi connectivity index (χ0) is 13.9. The molecule has 0 fully saturated rings. The molecule has 5 nitrogen and oxygen atoms in total. The standard InChI is InChI=1S/C10H13F3N2O3/c1-3-18-9(17)7-4-14-15(5-6(2)16)8(7)10(11,12)13/h4,6,16H,3,5H2,1-2H3. The number of esters is 1. The molecule has 0 bridgehead atoms. The van der Waals surface area contributed by atoms with E-state index in [9.17, 15) is 18.0 Å². The highest BCUT2D eigenvalue weighted by atomic mass is 19.4. The van der Waals surface area contributed by atoms with Crippen LogP contribution in [-0.4, -0.2) is 33.6 Å². The molecule has 1 aromatic heterocycles. The predicted octanol–water partition coefficient (Wildman–Crippen LogP) is 1.46. The second kappa shape index (κ2) is 5.38. The molecule has 1 aromatic rings. The molecule has 0 saturated carbocycles. The lowest BCUT2D eigenvalue weighted by molar-refractivity contribution is -0.145. The molecule has 0 spiro atoms. The average molecular weight is 266 g/mol. The third-order valence-corrected chi connectivity index (χ3v) is 2.04. The van der Waals surface area contributed by atoms with Crippen LogP contribution in [0.5, 0.6) is 0 Å². The molecule has 0 aliphatic heterocycles. The molecule has 0 saturated heterocycles. The first-order chi connectivity index (χ1) is 8.27. The number of aliphatic hydroxyl groups excluding tert-OH is 1. The minimum absolute atomic E-state index is 0.0300. The van der Waals surface area contributed by atoms with Crippen LogP contribution in [0.4, 0.5) is 13.2 Å². The number of nitrogens with zero attached hydrogens (tertiary/aromatic N) is 2. The van der Waals surface area contributed by atoms with E-state index in [4.69, 9.17) is 5.11 Å². The van der Waals surface area contributed by atoms with E-state index in [1.165, 1.54) is 13.8 Å². The van der Waals surface area contributed by atoms with Crippen molar-refractivity contribution in [3.05, 3.63) is 17.5 Å². The first-order valence-electron chi connectivity index (χ1n) is 5.25. The Morgan fingerprint density at radius 1 is 1.61 bits per heavy atom. The van der Waals surface area contributed by atoms with E-state index in [-0.39, 0.29) is 13.2 Å². The van der Waals surface area contributed by atoms with Gasteiger partial charge in [-0.05, 0) is 13.8 Å². The van der Waals surface area contributed by atoms with Crippen LogP contribution < -0.4 is 0 Å². The summed E-state index contributed by atoms with van der Waals surface area (Å²) >= 11 is 0. The highest BCUT2D eigenvalue weighted by Crippen LogP contribution is 2.32. The lowest BCUT2D eigenvalue weighted by Crippen LogP contribution is -2.22. The van der Waals surface area contributed by atoms with Crippen molar-refractivity contribution < 1.29 is 27.8 Å². The van der Waals surface area contributed by atoms with Gasteiger partial charge < -0.3 is 9.84 Å². The number of aliphatic hydroxyl groups is 1. The van der Waals surface area contributed by atoms with Gasteiger partial charge in [0.15, 0.2) is 5.69 Å². The summed E-state index contributed by atoms with van der Waals surface area (Å²) in [7, 11) is 0. The molecule has 1 atom stereocenters. The number of carbonyl (C=O) groups is 1. The minimum Gasteiger partial charge on any atom is -0.462 e. The van der Waals surface area contributed by atoms with Crippen LogP contribution in [-0.2, 0) is 17.5 Å². The SMILES string of the molecule is CCOC(=O)c1cnn(CC(C)O)c1C(F)(F)F. The van der Waals surface area contributed by atoms with Crippen LogP contribution in [0.2, 0.25) is 0 Å². The minimum atomic E-state index is -4.74. The van der Waals surface area contributed by atoms with Crippen LogP contribution in [0.25, 0.3) is 0 Å². The molecule has 102 valence electrons. The molecule has 1 rings (SSSR count). The van der Waals surface area contributed by atoms with Gasteiger partial charge in [0.1, 0.15) is 5.56 Å². The molecule has 0 aliphatic carbocycles. The van der Waals surface area contributed by atoms with Crippen LogP contribution in [0.3, 0.4) is 0 Å². The molecule has 0 amide bonds. The summed E-state index contributed by atoms with van der Waals surface area (Å²) in [6.07, 6.45) is -4.96. The fraction of sp³-hybridized carbons (Fsp3) is 0.600. The first-order valence-corrected chi connectivity index (χ1v) is 5.25. The Morgan fingerprint density at radius 3 is 2.67 bits per heavy atom. The zero-order valence-electron chi connectivity index (χ0n) is 9.86. The van der Waals surface area contributed by atoms with Gasteiger partial charge in [-0.25, -0.2) is 4.79 Å². The van der Waals surface area contributed by atoms with Crippen LogP contribution >= 0.6 is 0 Å². The zero-order valence-corrected chi connectivity index (χ0v) is 9.86. The predicted molar refractivity (Wildman–Crippen MR) is 54.9 cm³/mol. The number of carbonyl (C=O) groups excluding carboxylic acids is 1. The van der Waals surface area contributed by atoms with Gasteiger partial charge in [-0.3, -0.25) is 4.68 Å². The van der Waals surface area contributed by atoms with Gasteiger partial charge in [-0.15, -0.1) is 0 Å². The number of alkyl halides is 3. The van der Waals surface area contributed by atoms with Gasteiger partial charge in [-0.2, -0.15) is 18.3 Å². The summed E-state index contributed by atoms with van der Waals surface area (Å²) in [4.78, 5) is 11.4. The van der Waals surface area contributed by atoms with E-state index in [1.807, 2.05) is 0 Å². The first kappa shape index (κ1) is 14.5. The van der Waals surface area contributed by atoms with Crippen molar-refractivity contribution in [2.75, 3.05) is 6.61 Å². The van der Waals surface area contributed by atoms with Crippen molar-refractivity contribution in [3.8, 4) is 0 Å². The third-order valence-electron chi connectivity index (χ3n) is 2.04. The molecule has 18 heavy (non-hydrogen) atoms. The van der Waals surface area contributed by atoms with Gasteiger partial charge in [0, 0.05) is 0 Å². The Labute approximate surface area is 101 Å². The normalized spacial score (nSPS) is 13.4. The van der Waals surface area contributed by atoms with E-state index in [1.54, 1.807) is 0 Å². The number of ether oxygens (including phenoxy) is 1. The number of hydrogen-bond acceptors (Lipinski definition) is 4. The number of rotatable bonds is 4. The average Bonchev–Trinajstić information content (AvgIpc) is 2.60. The van der Waals surface area contributed by atoms with E-state index in [0.29, 0.717) is 4.68 Å². The van der Waals surface area contributed by atoms with Gasteiger partial charge in [-0.1, -0.05) is 0 Å². The molecule has 0 aliphatic rings. The number of halogens is 3. The van der Waals surface area contributed by atoms with Crippen molar-refractivity contribution >= 4 is 5.97 Å². The molecule has 1 unspecified atom stereocenters. The van der Waals surface area contributed by atoms with Gasteiger partial charge in [0.25, 0.3) is 0 Å². The Hall–Kier alpha value is -1.57. The molecule has 1 heterocycles. The lowest BCUT2D eigenvalue weighted by Gasteiger charge is -2.13. The number of hydrogen-bond donors (Lipinski definition) is 1. The number of aromatic nitrogens is 2. The Bertz CT molecular complexity index is 426. The molecular formula is C10H13F3N2O3. The second-order valence-corrected chi connectivity index (χ2v) is 3.66. The van der Waals surface area contributed by atoms with Crippen molar-refractivity contribution in [2.24, 2.45) is 0 Å². The second-order valence-electron chi connectivity index (χ2n) is 3.66. The summed E-state index contributed by atoms with van der Waals surface area (Å²) in [6, 6.07) is 0. The summed E-state index contributed by atoms with van der Waals surface area (Å²) < 4.78 is 43.6. The van der Waals surface area contributed by atoms with Crippen LogP contribution in [0.1, 0.15) is 29.9 Å². The van der Waals surface area contributed by atoms with Crippen molar-refractivity contribution in [3.63, 3.8) is 0 Å². The highest BCUT2D eigenvalue weighted by molar-refractivity contribution is 5.90. The van der Waals surface area contributed by atoms with Gasteiger partial charge in [0.2, 0.25) is 0 Å². The smallest absolute Gasteiger partial charge is 0.433 e. The Morgan fingerprint density at radius 2 is 2.22 bits per heavy atom. The molecule has 8 heteroatoms. The van der Waals surface area contributed by atoms with Crippen molar-refractivity contribution in [1.82, 2.24) is 9.78 Å². The quantitative estimate of drug-likeness (QED) is 0.838. The van der Waals surface area contributed by atoms with E-state index >= 15 is 0 Å². The highest BCUT2D eigenvalue weighted by Gasteiger charge is 2.40. The lowest BCUT2D eigenvalue weighted by atomic mass is 10.2. The molecular weight excluding hydrogens is 253 g/mol.